The third kappa shape index (κ3) is 4.68. The quantitative estimate of drug-likeness (QED) is 0.367. The third-order valence-electron chi connectivity index (χ3n) is 5.43. The minimum atomic E-state index is -0.866. The molecule has 2 saturated heterocycles. The highest BCUT2D eigenvalue weighted by atomic mass is 16.7. The summed E-state index contributed by atoms with van der Waals surface area (Å²) >= 11 is 0. The Morgan fingerprint density at radius 1 is 0.750 bits per heavy atom. The lowest BCUT2D eigenvalue weighted by Crippen LogP contribution is -2.27. The van der Waals surface area contributed by atoms with Crippen LogP contribution in [0.4, 0.5) is 16.2 Å². The van der Waals surface area contributed by atoms with Crippen molar-refractivity contribution in [3.05, 3.63) is 79.9 Å². The van der Waals surface area contributed by atoms with Crippen LogP contribution in [-0.4, -0.2) is 41.4 Å². The molecule has 168 valence electrons. The Labute approximate surface area is 182 Å². The van der Waals surface area contributed by atoms with Gasteiger partial charge in [0.25, 0.3) is 11.4 Å². The molecule has 0 aromatic heterocycles. The molecule has 2 aliphatic rings. The van der Waals surface area contributed by atoms with E-state index in [1.165, 1.54) is 24.3 Å². The molecule has 32 heavy (non-hydrogen) atoms. The van der Waals surface area contributed by atoms with E-state index in [0.717, 1.165) is 0 Å². The number of carbonyl (C=O) groups excluding carboxylic acids is 1. The molecule has 11 nitrogen and oxygen atoms in total. The van der Waals surface area contributed by atoms with Gasteiger partial charge in [0.1, 0.15) is 24.4 Å². The average molecular weight is 444 g/mol. The molecule has 2 fully saturated rings. The number of nitrogens with zero attached hydrogens (tertiary/aromatic N) is 2. The first-order valence-electron chi connectivity index (χ1n) is 10.0. The van der Waals surface area contributed by atoms with Gasteiger partial charge in [0.05, 0.1) is 23.1 Å². The molecule has 0 unspecified atom stereocenters. The fraction of sp³-hybridized carbons (Fsp3) is 0.381. The lowest BCUT2D eigenvalue weighted by atomic mass is 10.0. The smallest absolute Gasteiger partial charge is 0.428 e. The van der Waals surface area contributed by atoms with Gasteiger partial charge < -0.3 is 18.9 Å². The Morgan fingerprint density at radius 3 is 1.47 bits per heavy atom. The predicted molar refractivity (Wildman–Crippen MR) is 108 cm³/mol. The summed E-state index contributed by atoms with van der Waals surface area (Å²) in [6, 6.07) is 11.8. The Kier molecular flexibility index (Phi) is 6.28. The molecule has 2 aromatic carbocycles. The van der Waals surface area contributed by atoms with Gasteiger partial charge in [-0.2, -0.15) is 0 Å². The third-order valence-corrected chi connectivity index (χ3v) is 5.43. The van der Waals surface area contributed by atoms with Gasteiger partial charge in [-0.1, -0.05) is 0 Å². The summed E-state index contributed by atoms with van der Waals surface area (Å²) in [5.41, 5.74) is 1.25. The second-order valence-corrected chi connectivity index (χ2v) is 7.42. The van der Waals surface area contributed by atoms with Crippen molar-refractivity contribution in [2.24, 2.45) is 0 Å². The second kappa shape index (κ2) is 9.28. The van der Waals surface area contributed by atoms with Crippen LogP contribution >= 0.6 is 0 Å². The van der Waals surface area contributed by atoms with E-state index in [2.05, 4.69) is 0 Å². The number of rotatable bonds is 6. The zero-order valence-corrected chi connectivity index (χ0v) is 16.8. The van der Waals surface area contributed by atoms with Gasteiger partial charge in [0.2, 0.25) is 0 Å². The van der Waals surface area contributed by atoms with Crippen LogP contribution in [0, 0.1) is 20.2 Å². The van der Waals surface area contributed by atoms with Crippen LogP contribution in [0.3, 0.4) is 0 Å². The van der Waals surface area contributed by atoms with Gasteiger partial charge in [-0.25, -0.2) is 4.79 Å². The highest BCUT2D eigenvalue weighted by Gasteiger charge is 2.37. The van der Waals surface area contributed by atoms with E-state index >= 15 is 0 Å². The highest BCUT2D eigenvalue weighted by molar-refractivity contribution is 5.60. The van der Waals surface area contributed by atoms with E-state index in [9.17, 15) is 25.0 Å². The maximum atomic E-state index is 12.5. The van der Waals surface area contributed by atoms with Crippen LogP contribution in [0.1, 0.15) is 36.2 Å². The van der Waals surface area contributed by atoms with Gasteiger partial charge in [-0.15, -0.1) is 0 Å². The summed E-state index contributed by atoms with van der Waals surface area (Å²) in [7, 11) is 0. The monoisotopic (exact) mass is 444 g/mol. The first kappa shape index (κ1) is 21.7. The molecule has 11 heteroatoms. The molecule has 2 heterocycles. The van der Waals surface area contributed by atoms with Crippen LogP contribution in [-0.2, 0) is 18.9 Å². The molecular weight excluding hydrogens is 424 g/mol. The normalized spacial score (nSPS) is 24.8. The summed E-state index contributed by atoms with van der Waals surface area (Å²) in [5, 5.41) is 21.7. The molecule has 0 N–H and O–H groups in total. The molecule has 2 aromatic rings. The van der Waals surface area contributed by atoms with Gasteiger partial charge in [-0.05, 0) is 35.4 Å². The average Bonchev–Trinajstić information content (AvgIpc) is 3.43. The minimum Gasteiger partial charge on any atom is -0.428 e. The molecular formula is C21H20N2O9. The molecule has 0 bridgehead atoms. The summed E-state index contributed by atoms with van der Waals surface area (Å²) in [4.78, 5) is 33.1. The number of benzene rings is 2. The number of ether oxygens (including phenoxy) is 4. The molecule has 4 rings (SSSR count). The maximum absolute atomic E-state index is 12.5. The number of carbonyl (C=O) groups is 1. The Bertz CT molecular complexity index is 914. The van der Waals surface area contributed by atoms with Crippen molar-refractivity contribution in [1.82, 2.24) is 0 Å². The standard InChI is InChI=1S/C21H20N2O9/c24-21(31-17-9-11-29-19(17)13-1-5-15(6-2-13)22(25)26)32-18-10-12-30-20(18)14-3-7-16(8-4-14)23(27)28/h1-8,17-20H,9-12H2/t17-,18-,19-,20-/m1/s1. The highest BCUT2D eigenvalue weighted by Crippen LogP contribution is 2.35. The number of nitro groups is 2. The van der Waals surface area contributed by atoms with Crippen molar-refractivity contribution in [2.45, 2.75) is 37.3 Å². The van der Waals surface area contributed by atoms with Crippen LogP contribution in [0.2, 0.25) is 0 Å². The first-order chi connectivity index (χ1) is 15.4. The van der Waals surface area contributed by atoms with Crippen molar-refractivity contribution >= 4 is 17.5 Å². The predicted octanol–water partition coefficient (Wildman–Crippen LogP) is 4.02. The van der Waals surface area contributed by atoms with Gasteiger partial charge in [0, 0.05) is 37.1 Å². The fourth-order valence-corrected chi connectivity index (χ4v) is 3.85. The Balaban J connectivity index is 1.37. The van der Waals surface area contributed by atoms with E-state index in [1.807, 2.05) is 0 Å². The first-order valence-corrected chi connectivity index (χ1v) is 10.0. The number of non-ortho nitro benzene ring substituents is 2. The second-order valence-electron chi connectivity index (χ2n) is 7.42. The molecule has 0 saturated carbocycles. The summed E-state index contributed by atoms with van der Waals surface area (Å²) in [6.07, 6.45) is -2.22. The number of hydrogen-bond acceptors (Lipinski definition) is 9. The molecule has 0 radical (unpaired) electrons. The zero-order chi connectivity index (χ0) is 22.7. The fourth-order valence-electron chi connectivity index (χ4n) is 3.85. The van der Waals surface area contributed by atoms with Gasteiger partial charge in [0.15, 0.2) is 0 Å². The van der Waals surface area contributed by atoms with Crippen molar-refractivity contribution in [2.75, 3.05) is 13.2 Å². The minimum absolute atomic E-state index is 0.0397. The SMILES string of the molecule is O=C(O[C@@H]1CCO[C@@H]1c1ccc([N+](=O)[O-])cc1)O[C@@H]1CCO[C@@H]1c1ccc([N+](=O)[O-])cc1. The summed E-state index contributed by atoms with van der Waals surface area (Å²) in [6.45, 7) is 0.745. The van der Waals surface area contributed by atoms with E-state index < -0.39 is 40.4 Å². The van der Waals surface area contributed by atoms with Crippen molar-refractivity contribution < 1.29 is 33.6 Å². The maximum Gasteiger partial charge on any atom is 0.509 e. The zero-order valence-electron chi connectivity index (χ0n) is 16.8. The summed E-state index contributed by atoms with van der Waals surface area (Å²) in [5.74, 6) is 0. The van der Waals surface area contributed by atoms with Crippen molar-refractivity contribution in [3.8, 4) is 0 Å². The van der Waals surface area contributed by atoms with E-state index in [-0.39, 0.29) is 11.4 Å². The van der Waals surface area contributed by atoms with Crippen LogP contribution in [0.15, 0.2) is 48.5 Å². The van der Waals surface area contributed by atoms with Gasteiger partial charge >= 0.3 is 6.16 Å². The Hall–Kier alpha value is -3.57. The molecule has 0 amide bonds. The largest absolute Gasteiger partial charge is 0.509 e. The number of nitro benzene ring substituents is 2. The van der Waals surface area contributed by atoms with Crippen LogP contribution < -0.4 is 0 Å². The van der Waals surface area contributed by atoms with Gasteiger partial charge in [-0.3, -0.25) is 20.2 Å². The molecule has 0 spiro atoms. The van der Waals surface area contributed by atoms with E-state index in [4.69, 9.17) is 18.9 Å². The van der Waals surface area contributed by atoms with E-state index in [0.29, 0.717) is 37.2 Å². The van der Waals surface area contributed by atoms with Crippen LogP contribution in [0.5, 0.6) is 0 Å². The summed E-state index contributed by atoms with van der Waals surface area (Å²) < 4.78 is 22.3. The van der Waals surface area contributed by atoms with Crippen molar-refractivity contribution in [1.29, 1.82) is 0 Å². The lowest BCUT2D eigenvalue weighted by Gasteiger charge is -2.22. The Morgan fingerprint density at radius 2 is 1.12 bits per heavy atom. The number of hydrogen-bond donors (Lipinski definition) is 0. The van der Waals surface area contributed by atoms with Crippen LogP contribution in [0.25, 0.3) is 0 Å². The lowest BCUT2D eigenvalue weighted by molar-refractivity contribution is -0.385. The topological polar surface area (TPSA) is 140 Å². The molecule has 2 aliphatic heterocycles. The van der Waals surface area contributed by atoms with Crippen molar-refractivity contribution in [3.63, 3.8) is 0 Å². The molecule has 0 aliphatic carbocycles. The van der Waals surface area contributed by atoms with E-state index in [1.54, 1.807) is 24.3 Å². The molecule has 4 atom stereocenters.